The first kappa shape index (κ1) is 13.1. The minimum atomic E-state index is -2.86. The maximum atomic E-state index is 12.0. The van der Waals surface area contributed by atoms with Gasteiger partial charge in [0, 0.05) is 18.7 Å². The van der Waals surface area contributed by atoms with Crippen LogP contribution in [0.2, 0.25) is 0 Å². The van der Waals surface area contributed by atoms with E-state index in [0.717, 1.165) is 6.07 Å². The number of hydrogen-bond acceptors (Lipinski definition) is 5. The minimum absolute atomic E-state index is 0.0562. The zero-order valence-electron chi connectivity index (χ0n) is 8.64. The second-order valence-electron chi connectivity index (χ2n) is 3.31. The maximum Gasteiger partial charge on any atom is 0.271 e. The predicted molar refractivity (Wildman–Crippen MR) is 58.0 cm³/mol. The summed E-state index contributed by atoms with van der Waals surface area (Å²) in [6.07, 6.45) is -4.67. The van der Waals surface area contributed by atoms with Gasteiger partial charge in [0.05, 0.1) is 16.3 Å². The molecule has 94 valence electrons. The number of nitrogens with two attached hydrogens (primary N) is 1. The Kier molecular flexibility index (Phi) is 4.16. The van der Waals surface area contributed by atoms with Gasteiger partial charge in [0.2, 0.25) is 0 Å². The monoisotopic (exact) mass is 247 g/mol. The lowest BCUT2D eigenvalue weighted by Gasteiger charge is -2.13. The van der Waals surface area contributed by atoms with Crippen molar-refractivity contribution in [2.45, 2.75) is 12.5 Å². The van der Waals surface area contributed by atoms with E-state index in [-0.39, 0.29) is 23.6 Å². The van der Waals surface area contributed by atoms with Gasteiger partial charge in [-0.25, -0.2) is 8.78 Å². The van der Waals surface area contributed by atoms with Crippen LogP contribution >= 0.6 is 0 Å². The highest BCUT2D eigenvalue weighted by Gasteiger charge is 2.17. The third kappa shape index (κ3) is 3.52. The predicted octanol–water partition coefficient (Wildman–Crippen LogP) is 1.21. The fraction of sp³-hybridized carbons (Fsp3) is 0.333. The van der Waals surface area contributed by atoms with Crippen LogP contribution in [0.25, 0.3) is 0 Å². The molecule has 1 aromatic rings. The van der Waals surface area contributed by atoms with Crippen LogP contribution in [0.3, 0.4) is 0 Å². The number of benzene rings is 1. The van der Waals surface area contributed by atoms with E-state index in [0.29, 0.717) is 0 Å². The van der Waals surface area contributed by atoms with Gasteiger partial charge in [0.15, 0.2) is 0 Å². The fourth-order valence-electron chi connectivity index (χ4n) is 1.13. The molecule has 0 saturated carbocycles. The number of aliphatic hydroxyl groups is 1. The number of halogens is 2. The number of rotatable bonds is 5. The molecule has 0 aromatic heterocycles. The summed E-state index contributed by atoms with van der Waals surface area (Å²) < 4.78 is 24.0. The zero-order chi connectivity index (χ0) is 13.0. The smallest absolute Gasteiger partial charge is 0.271 e. The van der Waals surface area contributed by atoms with Crippen LogP contribution in [0.1, 0.15) is 0 Å². The number of nitro benzene ring substituents is 1. The van der Waals surface area contributed by atoms with Crippen LogP contribution in [-0.4, -0.2) is 29.1 Å². The van der Waals surface area contributed by atoms with Gasteiger partial charge in [-0.1, -0.05) is 0 Å². The number of nitrogens with one attached hydrogen (secondary N) is 1. The largest absolute Gasteiger partial charge is 0.397 e. The van der Waals surface area contributed by atoms with Gasteiger partial charge in [-0.2, -0.15) is 0 Å². The van der Waals surface area contributed by atoms with Crippen LogP contribution < -0.4 is 11.1 Å². The van der Waals surface area contributed by atoms with E-state index in [1.54, 1.807) is 0 Å². The molecule has 1 rings (SSSR count). The summed E-state index contributed by atoms with van der Waals surface area (Å²) in [5, 5.41) is 21.8. The first-order chi connectivity index (χ1) is 7.91. The molecule has 0 bridgehead atoms. The first-order valence-electron chi connectivity index (χ1n) is 4.66. The molecule has 0 saturated heterocycles. The average molecular weight is 247 g/mol. The van der Waals surface area contributed by atoms with Gasteiger partial charge in [0.1, 0.15) is 6.10 Å². The minimum Gasteiger partial charge on any atom is -0.397 e. The van der Waals surface area contributed by atoms with E-state index >= 15 is 0 Å². The van der Waals surface area contributed by atoms with E-state index in [2.05, 4.69) is 5.32 Å². The van der Waals surface area contributed by atoms with Crippen molar-refractivity contribution in [3.8, 4) is 0 Å². The van der Waals surface area contributed by atoms with E-state index in [4.69, 9.17) is 10.8 Å². The van der Waals surface area contributed by atoms with Crippen molar-refractivity contribution in [3.05, 3.63) is 28.3 Å². The second kappa shape index (κ2) is 5.39. The molecule has 0 radical (unpaired) electrons. The third-order valence-corrected chi connectivity index (χ3v) is 2.04. The summed E-state index contributed by atoms with van der Waals surface area (Å²) >= 11 is 0. The number of anilines is 2. The van der Waals surface area contributed by atoms with E-state index in [1.807, 2.05) is 0 Å². The van der Waals surface area contributed by atoms with Crippen molar-refractivity contribution < 1.29 is 18.8 Å². The van der Waals surface area contributed by atoms with Crippen molar-refractivity contribution in [2.75, 3.05) is 17.6 Å². The lowest BCUT2D eigenvalue weighted by atomic mass is 10.2. The number of nitro groups is 1. The van der Waals surface area contributed by atoms with Crippen LogP contribution in [0, 0.1) is 10.1 Å². The molecule has 0 fully saturated rings. The molecular weight excluding hydrogens is 236 g/mol. The number of non-ortho nitro benzene ring substituents is 1. The van der Waals surface area contributed by atoms with Gasteiger partial charge in [-0.05, 0) is 6.07 Å². The number of nitrogens with zero attached hydrogens (tertiary/aromatic N) is 1. The molecular formula is C9H11F2N3O3. The molecule has 0 spiro atoms. The topological polar surface area (TPSA) is 101 Å². The Hall–Kier alpha value is -1.96. The average Bonchev–Trinajstić information content (AvgIpc) is 2.26. The Morgan fingerprint density at radius 1 is 1.53 bits per heavy atom. The van der Waals surface area contributed by atoms with Gasteiger partial charge < -0.3 is 16.2 Å². The highest BCUT2D eigenvalue weighted by molar-refractivity contribution is 5.69. The molecule has 1 atom stereocenters. The molecule has 0 amide bonds. The third-order valence-electron chi connectivity index (χ3n) is 2.04. The van der Waals surface area contributed by atoms with Gasteiger partial charge in [0.25, 0.3) is 12.1 Å². The van der Waals surface area contributed by atoms with E-state index in [1.165, 1.54) is 12.1 Å². The molecule has 1 unspecified atom stereocenters. The van der Waals surface area contributed by atoms with Crippen molar-refractivity contribution in [2.24, 2.45) is 0 Å². The van der Waals surface area contributed by atoms with Gasteiger partial charge >= 0.3 is 0 Å². The van der Waals surface area contributed by atoms with Crippen LogP contribution in [0.4, 0.5) is 25.8 Å². The Labute approximate surface area is 95.2 Å². The number of hydrogen-bond donors (Lipinski definition) is 3. The van der Waals surface area contributed by atoms with E-state index in [9.17, 15) is 18.9 Å². The van der Waals surface area contributed by atoms with Gasteiger partial charge in [-0.15, -0.1) is 0 Å². The van der Waals surface area contributed by atoms with Crippen molar-refractivity contribution in [1.29, 1.82) is 0 Å². The van der Waals surface area contributed by atoms with E-state index < -0.39 is 17.5 Å². The number of nitrogen functional groups attached to an aromatic ring is 1. The van der Waals surface area contributed by atoms with Crippen molar-refractivity contribution >= 4 is 17.1 Å². The quantitative estimate of drug-likeness (QED) is 0.412. The number of alkyl halides is 2. The van der Waals surface area contributed by atoms with Crippen molar-refractivity contribution in [1.82, 2.24) is 0 Å². The summed E-state index contributed by atoms with van der Waals surface area (Å²) in [4.78, 5) is 9.79. The maximum absolute atomic E-state index is 12.0. The summed E-state index contributed by atoms with van der Waals surface area (Å²) in [6, 6.07) is 3.59. The molecule has 4 N–H and O–H groups in total. The van der Waals surface area contributed by atoms with Crippen LogP contribution in [-0.2, 0) is 0 Å². The Morgan fingerprint density at radius 2 is 2.18 bits per heavy atom. The lowest BCUT2D eigenvalue weighted by molar-refractivity contribution is -0.384. The number of aliphatic hydroxyl groups excluding tert-OH is 1. The first-order valence-corrected chi connectivity index (χ1v) is 4.66. The van der Waals surface area contributed by atoms with Crippen LogP contribution in [0.5, 0.6) is 0 Å². The summed E-state index contributed by atoms with van der Waals surface area (Å²) in [6.45, 7) is -0.389. The second-order valence-corrected chi connectivity index (χ2v) is 3.31. The Balaban J connectivity index is 2.70. The Morgan fingerprint density at radius 3 is 2.65 bits per heavy atom. The molecule has 17 heavy (non-hydrogen) atoms. The Bertz CT molecular complexity index is 414. The molecule has 0 aliphatic rings. The molecule has 0 aliphatic heterocycles. The standard InChI is InChI=1S/C9H11F2N3O3/c10-9(11)8(15)4-13-7-2-1-5(14(16)17)3-6(7)12/h1-3,8-9,13,15H,4,12H2. The van der Waals surface area contributed by atoms with Gasteiger partial charge in [-0.3, -0.25) is 10.1 Å². The highest BCUT2D eigenvalue weighted by Crippen LogP contribution is 2.24. The lowest BCUT2D eigenvalue weighted by Crippen LogP contribution is -2.27. The summed E-state index contributed by atoms with van der Waals surface area (Å²) in [5.41, 5.74) is 5.61. The highest BCUT2D eigenvalue weighted by atomic mass is 19.3. The van der Waals surface area contributed by atoms with Crippen LogP contribution in [0.15, 0.2) is 18.2 Å². The molecule has 6 nitrogen and oxygen atoms in total. The summed E-state index contributed by atoms with van der Waals surface area (Å²) in [7, 11) is 0. The SMILES string of the molecule is Nc1cc([N+](=O)[O-])ccc1NCC(O)C(F)F. The molecule has 8 heteroatoms. The van der Waals surface area contributed by atoms with Crippen molar-refractivity contribution in [3.63, 3.8) is 0 Å². The normalized spacial score (nSPS) is 12.5. The molecule has 0 heterocycles. The zero-order valence-corrected chi connectivity index (χ0v) is 8.64. The molecule has 0 aliphatic carbocycles. The molecule has 1 aromatic carbocycles. The summed E-state index contributed by atoms with van der Waals surface area (Å²) in [5.74, 6) is 0. The fourth-order valence-corrected chi connectivity index (χ4v) is 1.13.